The van der Waals surface area contributed by atoms with E-state index in [2.05, 4.69) is 4.74 Å². The quantitative estimate of drug-likeness (QED) is 0.601. The van der Waals surface area contributed by atoms with Gasteiger partial charge in [0.1, 0.15) is 12.1 Å². The van der Waals surface area contributed by atoms with Gasteiger partial charge in [-0.15, -0.1) is 0 Å². The number of likely N-dealkylation sites (tertiary alicyclic amines) is 1. The van der Waals surface area contributed by atoms with E-state index in [-0.39, 0.29) is 12.8 Å². The molecule has 1 rings (SSSR count). The molecule has 2 atom stereocenters. The van der Waals surface area contributed by atoms with Crippen LogP contribution in [0.5, 0.6) is 0 Å². The van der Waals surface area contributed by atoms with Crippen molar-refractivity contribution in [2.24, 2.45) is 0 Å². The lowest BCUT2D eigenvalue weighted by atomic mass is 10.2. The highest BCUT2D eigenvalue weighted by Gasteiger charge is 2.41. The highest BCUT2D eigenvalue weighted by atomic mass is 16.5. The summed E-state index contributed by atoms with van der Waals surface area (Å²) in [6.07, 6.45) is -0.915. The van der Waals surface area contributed by atoms with Crippen molar-refractivity contribution in [3.63, 3.8) is 0 Å². The van der Waals surface area contributed by atoms with Gasteiger partial charge in [-0.05, 0) is 13.3 Å². The average molecular weight is 215 g/mol. The summed E-state index contributed by atoms with van der Waals surface area (Å²) in [6, 6.07) is -0.885. The van der Waals surface area contributed by atoms with E-state index in [1.165, 1.54) is 14.0 Å². The third-order valence-corrected chi connectivity index (χ3v) is 2.28. The standard InChI is InChI=1S/C9H13NO5/c1-5(11)8(13)10-6(9(14)15-2)3-4-7(10)12/h5-6,11H,3-4H2,1-2H3. The van der Waals surface area contributed by atoms with Crippen LogP contribution < -0.4 is 0 Å². The van der Waals surface area contributed by atoms with E-state index in [1.54, 1.807) is 0 Å². The molecular weight excluding hydrogens is 202 g/mol. The van der Waals surface area contributed by atoms with E-state index in [0.717, 1.165) is 4.90 Å². The molecule has 0 aliphatic carbocycles. The van der Waals surface area contributed by atoms with Gasteiger partial charge in [-0.2, -0.15) is 0 Å². The van der Waals surface area contributed by atoms with Gasteiger partial charge in [-0.25, -0.2) is 4.79 Å². The predicted octanol–water partition coefficient (Wildman–Crippen LogP) is -0.942. The van der Waals surface area contributed by atoms with Crippen molar-refractivity contribution in [2.45, 2.75) is 31.9 Å². The zero-order chi connectivity index (χ0) is 11.6. The summed E-state index contributed by atoms with van der Waals surface area (Å²) in [5.74, 6) is -1.83. The first-order valence-corrected chi connectivity index (χ1v) is 4.60. The van der Waals surface area contributed by atoms with Gasteiger partial charge in [0, 0.05) is 6.42 Å². The number of carbonyl (C=O) groups excluding carboxylic acids is 3. The molecule has 2 amide bonds. The first kappa shape index (κ1) is 11.6. The van der Waals surface area contributed by atoms with E-state index in [4.69, 9.17) is 5.11 Å². The summed E-state index contributed by atoms with van der Waals surface area (Å²) in [7, 11) is 1.19. The van der Waals surface area contributed by atoms with Crippen LogP contribution in [0.2, 0.25) is 0 Å². The molecule has 15 heavy (non-hydrogen) atoms. The van der Waals surface area contributed by atoms with Crippen LogP contribution in [0.15, 0.2) is 0 Å². The lowest BCUT2D eigenvalue weighted by Gasteiger charge is -2.21. The molecule has 1 heterocycles. The van der Waals surface area contributed by atoms with Crippen LogP contribution in [-0.2, 0) is 19.1 Å². The van der Waals surface area contributed by atoms with Gasteiger partial charge in [0.15, 0.2) is 0 Å². The number of ether oxygens (including phenoxy) is 1. The molecule has 0 aromatic rings. The van der Waals surface area contributed by atoms with E-state index in [0.29, 0.717) is 0 Å². The number of hydrogen-bond donors (Lipinski definition) is 1. The third-order valence-electron chi connectivity index (χ3n) is 2.28. The first-order chi connectivity index (χ1) is 6.99. The Balaban J connectivity index is 2.86. The van der Waals surface area contributed by atoms with Gasteiger partial charge in [0.05, 0.1) is 7.11 Å². The van der Waals surface area contributed by atoms with E-state index < -0.39 is 29.9 Å². The van der Waals surface area contributed by atoms with Crippen LogP contribution in [-0.4, -0.2) is 47.0 Å². The molecule has 0 spiro atoms. The number of esters is 1. The number of aliphatic hydroxyl groups excluding tert-OH is 1. The number of aliphatic hydroxyl groups is 1. The van der Waals surface area contributed by atoms with E-state index in [9.17, 15) is 14.4 Å². The molecule has 1 aliphatic heterocycles. The maximum Gasteiger partial charge on any atom is 0.329 e. The number of methoxy groups -OCH3 is 1. The summed E-state index contributed by atoms with van der Waals surface area (Å²) >= 11 is 0. The molecule has 0 aromatic carbocycles. The predicted molar refractivity (Wildman–Crippen MR) is 48.6 cm³/mol. The van der Waals surface area contributed by atoms with Gasteiger partial charge in [0.25, 0.3) is 5.91 Å². The Bertz CT molecular complexity index is 299. The SMILES string of the molecule is COC(=O)C1CCC(=O)N1C(=O)C(C)O. The fourth-order valence-electron chi connectivity index (χ4n) is 1.52. The Morgan fingerprint density at radius 1 is 1.60 bits per heavy atom. The minimum Gasteiger partial charge on any atom is -0.467 e. The van der Waals surface area contributed by atoms with Crippen LogP contribution in [0, 0.1) is 0 Å². The summed E-state index contributed by atoms with van der Waals surface area (Å²) in [5, 5.41) is 9.08. The van der Waals surface area contributed by atoms with Gasteiger partial charge in [-0.3, -0.25) is 14.5 Å². The number of rotatable bonds is 2. The summed E-state index contributed by atoms with van der Waals surface area (Å²) in [4.78, 5) is 34.8. The molecule has 1 N–H and O–H groups in total. The summed E-state index contributed by atoms with van der Waals surface area (Å²) < 4.78 is 4.48. The van der Waals surface area contributed by atoms with Crippen molar-refractivity contribution < 1.29 is 24.2 Å². The molecular formula is C9H13NO5. The second kappa shape index (κ2) is 4.39. The molecule has 1 aliphatic rings. The Labute approximate surface area is 86.8 Å². The molecule has 84 valence electrons. The molecule has 0 bridgehead atoms. The highest BCUT2D eigenvalue weighted by molar-refractivity contribution is 6.03. The van der Waals surface area contributed by atoms with E-state index >= 15 is 0 Å². The number of nitrogens with zero attached hydrogens (tertiary/aromatic N) is 1. The number of imide groups is 1. The molecule has 0 radical (unpaired) electrons. The van der Waals surface area contributed by atoms with Crippen molar-refractivity contribution in [3.05, 3.63) is 0 Å². The van der Waals surface area contributed by atoms with E-state index in [1.807, 2.05) is 0 Å². The van der Waals surface area contributed by atoms with Crippen molar-refractivity contribution in [2.75, 3.05) is 7.11 Å². The largest absolute Gasteiger partial charge is 0.467 e. The van der Waals surface area contributed by atoms with Crippen LogP contribution in [0.3, 0.4) is 0 Å². The molecule has 1 saturated heterocycles. The highest BCUT2D eigenvalue weighted by Crippen LogP contribution is 2.20. The van der Waals surface area contributed by atoms with Crippen LogP contribution >= 0.6 is 0 Å². The van der Waals surface area contributed by atoms with Gasteiger partial charge in [0.2, 0.25) is 5.91 Å². The summed E-state index contributed by atoms with van der Waals surface area (Å²) in [6.45, 7) is 1.25. The lowest BCUT2D eigenvalue weighted by Crippen LogP contribution is -2.47. The van der Waals surface area contributed by atoms with Gasteiger partial charge >= 0.3 is 5.97 Å². The minimum absolute atomic E-state index is 0.123. The maximum absolute atomic E-state index is 11.4. The molecule has 2 unspecified atom stereocenters. The monoisotopic (exact) mass is 215 g/mol. The number of carbonyl (C=O) groups is 3. The topological polar surface area (TPSA) is 83.9 Å². The molecule has 0 aromatic heterocycles. The van der Waals surface area contributed by atoms with Crippen molar-refractivity contribution in [1.29, 1.82) is 0 Å². The van der Waals surface area contributed by atoms with Crippen molar-refractivity contribution in [1.82, 2.24) is 4.90 Å². The second-order valence-electron chi connectivity index (χ2n) is 3.36. The summed E-state index contributed by atoms with van der Waals surface area (Å²) in [5.41, 5.74) is 0. The smallest absolute Gasteiger partial charge is 0.329 e. The van der Waals surface area contributed by atoms with Gasteiger partial charge in [-0.1, -0.05) is 0 Å². The molecule has 6 heteroatoms. The second-order valence-corrected chi connectivity index (χ2v) is 3.36. The van der Waals surface area contributed by atoms with Crippen molar-refractivity contribution in [3.8, 4) is 0 Å². The molecule has 0 saturated carbocycles. The first-order valence-electron chi connectivity index (χ1n) is 4.60. The fraction of sp³-hybridized carbons (Fsp3) is 0.667. The minimum atomic E-state index is -1.29. The van der Waals surface area contributed by atoms with Crippen LogP contribution in [0.4, 0.5) is 0 Å². The normalized spacial score (nSPS) is 22.7. The number of amides is 2. The van der Waals surface area contributed by atoms with Gasteiger partial charge < -0.3 is 9.84 Å². The zero-order valence-electron chi connectivity index (χ0n) is 8.60. The Morgan fingerprint density at radius 2 is 2.20 bits per heavy atom. The van der Waals surface area contributed by atoms with Crippen LogP contribution in [0.1, 0.15) is 19.8 Å². The Hall–Kier alpha value is -1.43. The average Bonchev–Trinajstić information content (AvgIpc) is 2.57. The number of hydrogen-bond acceptors (Lipinski definition) is 5. The van der Waals surface area contributed by atoms with Crippen LogP contribution in [0.25, 0.3) is 0 Å². The third kappa shape index (κ3) is 2.15. The Kier molecular flexibility index (Phi) is 3.41. The zero-order valence-corrected chi connectivity index (χ0v) is 8.60. The fourth-order valence-corrected chi connectivity index (χ4v) is 1.52. The molecule has 1 fully saturated rings. The van der Waals surface area contributed by atoms with Crippen molar-refractivity contribution >= 4 is 17.8 Å². The Morgan fingerprint density at radius 3 is 2.67 bits per heavy atom. The molecule has 6 nitrogen and oxygen atoms in total. The maximum atomic E-state index is 11.4. The lowest BCUT2D eigenvalue weighted by molar-refractivity contribution is -0.158.